The number of carbonyl (C=O) groups excluding carboxylic acids is 2. The minimum absolute atomic E-state index is 0.107. The molecular weight excluding hydrogens is 545 g/mol. The van der Waals surface area contributed by atoms with Gasteiger partial charge in [-0.3, -0.25) is 14.5 Å². The summed E-state index contributed by atoms with van der Waals surface area (Å²) in [5.74, 6) is -1.97. The minimum Gasteiger partial charge on any atom is -0.281 e. The second kappa shape index (κ2) is 9.33. The first-order valence-corrected chi connectivity index (χ1v) is 13.9. The van der Waals surface area contributed by atoms with Crippen molar-refractivity contribution in [3.05, 3.63) is 95.6 Å². The van der Waals surface area contributed by atoms with Gasteiger partial charge in [-0.1, -0.05) is 40.1 Å². The Morgan fingerprint density at radius 1 is 0.816 bits per heavy atom. The van der Waals surface area contributed by atoms with Crippen molar-refractivity contribution < 1.29 is 39.6 Å². The Kier molecular flexibility index (Phi) is 6.75. The first-order valence-electron chi connectivity index (χ1n) is 11.0. The number of alkyl halides is 3. The normalized spacial score (nSPS) is 18.5. The molecule has 1 heterocycles. The van der Waals surface area contributed by atoms with Crippen LogP contribution in [0.5, 0.6) is 0 Å². The summed E-state index contributed by atoms with van der Waals surface area (Å²) in [7, 11) is -8.66. The van der Waals surface area contributed by atoms with Gasteiger partial charge in [0.2, 0.25) is 5.91 Å². The molecule has 13 heteroatoms. The van der Waals surface area contributed by atoms with E-state index in [1.54, 1.807) is 0 Å². The maximum atomic E-state index is 13.7. The number of rotatable bonds is 6. The van der Waals surface area contributed by atoms with Crippen molar-refractivity contribution in [1.82, 2.24) is 8.61 Å². The number of fused-ring (bicyclic) bond motifs is 1. The third-order valence-corrected chi connectivity index (χ3v) is 10.6. The number of carbonyl (C=O) groups is 2. The second-order valence-corrected chi connectivity index (χ2v) is 12.8. The first-order chi connectivity index (χ1) is 17.6. The van der Waals surface area contributed by atoms with Gasteiger partial charge >= 0.3 is 6.18 Å². The highest BCUT2D eigenvalue weighted by atomic mass is 32.3. The number of halogens is 3. The summed E-state index contributed by atoms with van der Waals surface area (Å²) in [4.78, 5) is 26.0. The van der Waals surface area contributed by atoms with Gasteiger partial charge in [-0.2, -0.15) is 13.2 Å². The van der Waals surface area contributed by atoms with Crippen molar-refractivity contribution in [1.29, 1.82) is 0 Å². The molecule has 1 aliphatic rings. The van der Waals surface area contributed by atoms with Gasteiger partial charge < -0.3 is 0 Å². The van der Waals surface area contributed by atoms with E-state index in [0.717, 1.165) is 44.3 Å². The highest BCUT2D eigenvalue weighted by Gasteiger charge is 2.52. The van der Waals surface area contributed by atoms with E-state index in [-0.39, 0.29) is 9.27 Å². The lowest BCUT2D eigenvalue weighted by atomic mass is 9.75. The lowest BCUT2D eigenvalue weighted by Gasteiger charge is -2.40. The number of likely N-dealkylation sites (N-methyl/N-ethyl adjacent to an activating group) is 1. The summed E-state index contributed by atoms with van der Waals surface area (Å²) in [5.41, 5.74) is -4.09. The molecule has 0 fully saturated rings. The highest BCUT2D eigenvalue weighted by molar-refractivity contribution is 8.04. The van der Waals surface area contributed by atoms with E-state index in [1.807, 2.05) is 0 Å². The third-order valence-electron chi connectivity index (χ3n) is 6.32. The molecule has 2 amide bonds. The maximum absolute atomic E-state index is 13.7. The molecule has 0 aliphatic carbocycles. The van der Waals surface area contributed by atoms with E-state index < -0.39 is 70.9 Å². The number of amides is 2. The van der Waals surface area contributed by atoms with Gasteiger partial charge in [0.1, 0.15) is 0 Å². The minimum atomic E-state index is -4.87. The SMILES string of the molecule is CN1C(=O)c2ccc(C(F)(F)F)cc2C(C)(CN(S(=O)(=O)c2ccccc2)S(=O)(=O)c2ccccc2)C1=O. The number of hydrogen-bond donors (Lipinski definition) is 0. The van der Waals surface area contributed by atoms with Crippen LogP contribution in [0.2, 0.25) is 0 Å². The van der Waals surface area contributed by atoms with Crippen LogP contribution in [0.4, 0.5) is 13.2 Å². The zero-order chi connectivity index (χ0) is 28.1. The molecule has 38 heavy (non-hydrogen) atoms. The monoisotopic (exact) mass is 566 g/mol. The van der Waals surface area contributed by atoms with Crippen LogP contribution >= 0.6 is 0 Å². The first kappa shape index (κ1) is 27.5. The molecule has 4 rings (SSSR count). The van der Waals surface area contributed by atoms with Gasteiger partial charge in [0.25, 0.3) is 26.0 Å². The zero-order valence-corrected chi connectivity index (χ0v) is 21.6. The molecule has 200 valence electrons. The maximum Gasteiger partial charge on any atom is 0.416 e. The molecule has 0 spiro atoms. The largest absolute Gasteiger partial charge is 0.416 e. The predicted octanol–water partition coefficient (Wildman–Crippen LogP) is 3.66. The summed E-state index contributed by atoms with van der Waals surface area (Å²) in [5, 5.41) is 0. The molecule has 0 aromatic heterocycles. The summed E-state index contributed by atoms with van der Waals surface area (Å²) >= 11 is 0. The summed E-state index contributed by atoms with van der Waals surface area (Å²) in [6.07, 6.45) is -4.85. The Hall–Kier alpha value is -3.55. The fraction of sp³-hybridized carbons (Fsp3) is 0.200. The van der Waals surface area contributed by atoms with Crippen molar-refractivity contribution in [3.8, 4) is 0 Å². The van der Waals surface area contributed by atoms with Gasteiger partial charge in [0, 0.05) is 19.2 Å². The van der Waals surface area contributed by atoms with Crippen LogP contribution in [-0.2, 0) is 36.4 Å². The number of hydrogen-bond acceptors (Lipinski definition) is 6. The smallest absolute Gasteiger partial charge is 0.281 e. The Morgan fingerprint density at radius 2 is 1.29 bits per heavy atom. The van der Waals surface area contributed by atoms with Gasteiger partial charge in [0.05, 0.1) is 20.8 Å². The number of benzene rings is 3. The highest BCUT2D eigenvalue weighted by Crippen LogP contribution is 2.41. The van der Waals surface area contributed by atoms with Crippen molar-refractivity contribution in [2.24, 2.45) is 0 Å². The van der Waals surface area contributed by atoms with Crippen LogP contribution in [-0.4, -0.2) is 50.9 Å². The molecule has 3 aromatic rings. The Bertz CT molecular complexity index is 1560. The van der Waals surface area contributed by atoms with E-state index >= 15 is 0 Å². The lowest BCUT2D eigenvalue weighted by Crippen LogP contribution is -2.57. The van der Waals surface area contributed by atoms with Crippen molar-refractivity contribution >= 4 is 31.9 Å². The molecular formula is C25H21F3N2O6S2. The van der Waals surface area contributed by atoms with Crippen LogP contribution in [0.3, 0.4) is 0 Å². The van der Waals surface area contributed by atoms with E-state index in [0.29, 0.717) is 17.0 Å². The molecule has 0 bridgehead atoms. The van der Waals surface area contributed by atoms with Crippen LogP contribution in [0.15, 0.2) is 88.7 Å². The molecule has 0 N–H and O–H groups in total. The fourth-order valence-electron chi connectivity index (χ4n) is 4.25. The molecule has 1 unspecified atom stereocenters. The molecule has 1 aliphatic heterocycles. The fourth-order valence-corrected chi connectivity index (χ4v) is 8.13. The topological polar surface area (TPSA) is 109 Å². The Labute approximate surface area is 217 Å². The van der Waals surface area contributed by atoms with Crippen molar-refractivity contribution in [3.63, 3.8) is 0 Å². The Morgan fingerprint density at radius 3 is 1.74 bits per heavy atom. The van der Waals surface area contributed by atoms with Crippen molar-refractivity contribution in [2.75, 3.05) is 13.6 Å². The molecule has 0 saturated carbocycles. The van der Waals surface area contributed by atoms with Crippen LogP contribution in [0, 0.1) is 0 Å². The number of imide groups is 1. The van der Waals surface area contributed by atoms with Crippen molar-refractivity contribution in [2.45, 2.75) is 28.3 Å². The summed E-state index contributed by atoms with van der Waals surface area (Å²) in [6.45, 7) is 0.0114. The molecule has 1 atom stereocenters. The molecule has 3 aromatic carbocycles. The molecule has 8 nitrogen and oxygen atoms in total. The van der Waals surface area contributed by atoms with E-state index in [9.17, 15) is 39.6 Å². The summed E-state index contributed by atoms with van der Waals surface area (Å²) < 4.78 is 95.8. The molecule has 0 radical (unpaired) electrons. The van der Waals surface area contributed by atoms with Gasteiger partial charge in [-0.05, 0) is 55.0 Å². The average Bonchev–Trinajstić information content (AvgIpc) is 2.89. The van der Waals surface area contributed by atoms with Gasteiger partial charge in [-0.15, -0.1) is 0 Å². The van der Waals surface area contributed by atoms with E-state index in [2.05, 4.69) is 0 Å². The average molecular weight is 567 g/mol. The van der Waals surface area contributed by atoms with E-state index in [4.69, 9.17) is 0 Å². The van der Waals surface area contributed by atoms with Crippen LogP contribution < -0.4 is 0 Å². The quantitative estimate of drug-likeness (QED) is 0.422. The number of sulfonamides is 2. The van der Waals surface area contributed by atoms with E-state index in [1.165, 1.54) is 36.4 Å². The predicted molar refractivity (Wildman–Crippen MR) is 130 cm³/mol. The third kappa shape index (κ3) is 4.50. The lowest BCUT2D eigenvalue weighted by molar-refractivity contribution is -0.138. The van der Waals surface area contributed by atoms with Gasteiger partial charge in [-0.25, -0.2) is 16.8 Å². The Balaban J connectivity index is 1.99. The standard InChI is InChI=1S/C25H21F3N2O6S2/c1-24(21-15-17(25(26,27)28)13-14-20(21)22(31)29(2)23(24)32)16-30(37(33,34)18-9-5-3-6-10-18)38(35,36)19-11-7-4-8-12-19/h3-15H,16H2,1-2H3. The molecule has 0 saturated heterocycles. The summed E-state index contributed by atoms with van der Waals surface area (Å²) in [6, 6.07) is 15.2. The van der Waals surface area contributed by atoms with Crippen LogP contribution in [0.25, 0.3) is 0 Å². The number of nitrogens with zero attached hydrogens (tertiary/aromatic N) is 2. The second-order valence-electron chi connectivity index (χ2n) is 8.83. The zero-order valence-electron chi connectivity index (χ0n) is 20.0. The van der Waals surface area contributed by atoms with Gasteiger partial charge in [0.15, 0.2) is 0 Å². The van der Waals surface area contributed by atoms with Crippen LogP contribution in [0.1, 0.15) is 28.4 Å².